The van der Waals surface area contributed by atoms with E-state index >= 15 is 0 Å². The molecule has 66 valence electrons. The van der Waals surface area contributed by atoms with E-state index in [0.29, 0.717) is 0 Å². The third-order valence-corrected chi connectivity index (χ3v) is 2.62. The van der Waals surface area contributed by atoms with Crippen LogP contribution in [0.25, 0.3) is 0 Å². The summed E-state index contributed by atoms with van der Waals surface area (Å²) in [5.41, 5.74) is 0. The lowest BCUT2D eigenvalue weighted by molar-refractivity contribution is -0.137. The van der Waals surface area contributed by atoms with Crippen molar-refractivity contribution in [1.29, 1.82) is 0 Å². The molecule has 0 amide bonds. The maximum Gasteiger partial charge on any atom is 0.304 e. The van der Waals surface area contributed by atoms with E-state index in [-0.39, 0.29) is 6.42 Å². The van der Waals surface area contributed by atoms with Gasteiger partial charge < -0.3 is 5.11 Å². The Morgan fingerprint density at radius 1 is 1.55 bits per heavy atom. The SMILES string of the molecule is CC[C@@H](CC(=O)O)S(=O)(=O)O. The van der Waals surface area contributed by atoms with Crippen LogP contribution in [0.1, 0.15) is 19.8 Å². The first kappa shape index (κ1) is 10.4. The van der Waals surface area contributed by atoms with Crippen LogP contribution in [0.5, 0.6) is 0 Å². The Morgan fingerprint density at radius 2 is 2.00 bits per heavy atom. The third kappa shape index (κ3) is 3.94. The molecule has 0 bridgehead atoms. The molecule has 0 rings (SSSR count). The van der Waals surface area contributed by atoms with Gasteiger partial charge in [0, 0.05) is 0 Å². The zero-order valence-corrected chi connectivity index (χ0v) is 6.84. The maximum atomic E-state index is 10.4. The van der Waals surface area contributed by atoms with E-state index in [1.807, 2.05) is 0 Å². The van der Waals surface area contributed by atoms with E-state index in [9.17, 15) is 13.2 Å². The standard InChI is InChI=1S/C5H10O5S/c1-2-4(3-5(6)7)11(8,9)10/h4H,2-3H2,1H3,(H,6,7)(H,8,9,10)/t4-/m0/s1. The predicted octanol–water partition coefficient (Wildman–Crippen LogP) is 0.128. The van der Waals surface area contributed by atoms with Crippen molar-refractivity contribution >= 4 is 16.1 Å². The van der Waals surface area contributed by atoms with Crippen molar-refractivity contribution < 1.29 is 22.9 Å². The molecule has 0 spiro atoms. The highest BCUT2D eigenvalue weighted by molar-refractivity contribution is 7.86. The molecule has 0 aliphatic rings. The van der Waals surface area contributed by atoms with Gasteiger partial charge in [-0.2, -0.15) is 8.42 Å². The summed E-state index contributed by atoms with van der Waals surface area (Å²) in [4.78, 5) is 10.0. The van der Waals surface area contributed by atoms with Gasteiger partial charge in [0.25, 0.3) is 10.1 Å². The van der Waals surface area contributed by atoms with Gasteiger partial charge in [0.1, 0.15) is 0 Å². The van der Waals surface area contributed by atoms with Crippen molar-refractivity contribution in [2.75, 3.05) is 0 Å². The van der Waals surface area contributed by atoms with Gasteiger partial charge in [-0.15, -0.1) is 0 Å². The minimum Gasteiger partial charge on any atom is -0.481 e. The molecule has 0 aliphatic carbocycles. The van der Waals surface area contributed by atoms with Crippen molar-refractivity contribution in [2.24, 2.45) is 0 Å². The van der Waals surface area contributed by atoms with Crippen LogP contribution >= 0.6 is 0 Å². The smallest absolute Gasteiger partial charge is 0.304 e. The summed E-state index contributed by atoms with van der Waals surface area (Å²) in [6.45, 7) is 1.50. The Bertz CT molecular complexity index is 229. The number of carbonyl (C=O) groups is 1. The van der Waals surface area contributed by atoms with Gasteiger partial charge >= 0.3 is 5.97 Å². The van der Waals surface area contributed by atoms with Gasteiger partial charge in [-0.05, 0) is 6.42 Å². The van der Waals surface area contributed by atoms with Gasteiger partial charge in [0.2, 0.25) is 0 Å². The average Bonchev–Trinajstić information content (AvgIpc) is 1.79. The Labute approximate surface area is 64.8 Å². The normalized spacial score (nSPS) is 14.4. The number of carboxylic acids is 1. The Balaban J connectivity index is 4.31. The molecular formula is C5H10O5S. The minimum absolute atomic E-state index is 0.102. The first-order valence-corrected chi connectivity index (χ1v) is 4.56. The molecule has 1 atom stereocenters. The molecule has 6 heteroatoms. The Kier molecular flexibility index (Phi) is 3.47. The molecule has 0 unspecified atom stereocenters. The van der Waals surface area contributed by atoms with Crippen molar-refractivity contribution in [3.8, 4) is 0 Å². The molecule has 0 radical (unpaired) electrons. The van der Waals surface area contributed by atoms with E-state index in [1.54, 1.807) is 0 Å². The largest absolute Gasteiger partial charge is 0.481 e. The summed E-state index contributed by atoms with van der Waals surface area (Å²) in [5.74, 6) is -1.23. The summed E-state index contributed by atoms with van der Waals surface area (Å²) in [5, 5.41) is 7.02. The van der Waals surface area contributed by atoms with Gasteiger partial charge in [0.15, 0.2) is 0 Å². The fourth-order valence-electron chi connectivity index (χ4n) is 0.655. The molecule has 0 saturated heterocycles. The van der Waals surface area contributed by atoms with Crippen LogP contribution in [0.15, 0.2) is 0 Å². The molecule has 0 fully saturated rings. The summed E-state index contributed by atoms with van der Waals surface area (Å²) in [6, 6.07) is 0. The van der Waals surface area contributed by atoms with Gasteiger partial charge in [0.05, 0.1) is 11.7 Å². The molecule has 0 heterocycles. The zero-order chi connectivity index (χ0) is 9.07. The highest BCUT2D eigenvalue weighted by Gasteiger charge is 2.23. The Hall–Kier alpha value is -0.620. The minimum atomic E-state index is -4.19. The third-order valence-electron chi connectivity index (χ3n) is 1.28. The Morgan fingerprint density at radius 3 is 2.09 bits per heavy atom. The van der Waals surface area contributed by atoms with Crippen LogP contribution in [-0.2, 0) is 14.9 Å². The molecule has 2 N–H and O–H groups in total. The van der Waals surface area contributed by atoms with Crippen LogP contribution < -0.4 is 0 Å². The molecule has 5 nitrogen and oxygen atoms in total. The van der Waals surface area contributed by atoms with E-state index in [2.05, 4.69) is 0 Å². The topological polar surface area (TPSA) is 91.7 Å². The van der Waals surface area contributed by atoms with Crippen molar-refractivity contribution in [1.82, 2.24) is 0 Å². The monoisotopic (exact) mass is 182 g/mol. The number of carboxylic acid groups (broad SMARTS) is 1. The van der Waals surface area contributed by atoms with Crippen molar-refractivity contribution in [3.05, 3.63) is 0 Å². The van der Waals surface area contributed by atoms with E-state index in [1.165, 1.54) is 6.92 Å². The van der Waals surface area contributed by atoms with Gasteiger partial charge in [-0.3, -0.25) is 9.35 Å². The van der Waals surface area contributed by atoms with Crippen LogP contribution in [0.4, 0.5) is 0 Å². The average molecular weight is 182 g/mol. The fourth-order valence-corrected chi connectivity index (χ4v) is 1.43. The van der Waals surface area contributed by atoms with Crippen molar-refractivity contribution in [2.45, 2.75) is 25.0 Å². The summed E-state index contributed by atoms with van der Waals surface area (Å²) >= 11 is 0. The number of aliphatic carboxylic acids is 1. The quantitative estimate of drug-likeness (QED) is 0.603. The second-order valence-electron chi connectivity index (χ2n) is 2.14. The lowest BCUT2D eigenvalue weighted by atomic mass is 10.2. The molecule has 11 heavy (non-hydrogen) atoms. The number of hydrogen-bond acceptors (Lipinski definition) is 3. The summed E-state index contributed by atoms with van der Waals surface area (Å²) < 4.78 is 29.2. The highest BCUT2D eigenvalue weighted by atomic mass is 32.2. The van der Waals surface area contributed by atoms with Crippen LogP contribution in [-0.4, -0.2) is 29.3 Å². The molecule has 0 aromatic heterocycles. The predicted molar refractivity (Wildman–Crippen MR) is 37.9 cm³/mol. The molecular weight excluding hydrogens is 172 g/mol. The fraction of sp³-hybridized carbons (Fsp3) is 0.800. The second-order valence-corrected chi connectivity index (χ2v) is 3.84. The first-order valence-electron chi connectivity index (χ1n) is 3.06. The lowest BCUT2D eigenvalue weighted by Gasteiger charge is -2.06. The van der Waals surface area contributed by atoms with Crippen LogP contribution in [0, 0.1) is 0 Å². The highest BCUT2D eigenvalue weighted by Crippen LogP contribution is 2.07. The molecule has 0 saturated carbocycles. The number of hydrogen-bond donors (Lipinski definition) is 2. The van der Waals surface area contributed by atoms with E-state index in [0.717, 1.165) is 0 Å². The zero-order valence-electron chi connectivity index (χ0n) is 6.02. The van der Waals surface area contributed by atoms with Gasteiger partial charge in [-0.25, -0.2) is 0 Å². The molecule has 0 aromatic rings. The summed E-state index contributed by atoms with van der Waals surface area (Å²) in [6.07, 6.45) is -0.444. The number of rotatable bonds is 4. The first-order chi connectivity index (χ1) is 4.88. The molecule has 0 aromatic carbocycles. The van der Waals surface area contributed by atoms with Gasteiger partial charge in [-0.1, -0.05) is 6.92 Å². The maximum absolute atomic E-state index is 10.4. The van der Waals surface area contributed by atoms with E-state index < -0.39 is 27.8 Å². The molecule has 0 aliphatic heterocycles. The van der Waals surface area contributed by atoms with Crippen LogP contribution in [0.2, 0.25) is 0 Å². The van der Waals surface area contributed by atoms with Crippen molar-refractivity contribution in [3.63, 3.8) is 0 Å². The lowest BCUT2D eigenvalue weighted by Crippen LogP contribution is -2.22. The summed E-state index contributed by atoms with van der Waals surface area (Å²) in [7, 11) is -4.19. The van der Waals surface area contributed by atoms with Crippen LogP contribution in [0.3, 0.4) is 0 Å². The van der Waals surface area contributed by atoms with E-state index in [4.69, 9.17) is 9.66 Å². The second kappa shape index (κ2) is 3.68.